The van der Waals surface area contributed by atoms with Gasteiger partial charge in [0.15, 0.2) is 11.5 Å². The number of ketones is 1. The first-order valence-corrected chi connectivity index (χ1v) is 6.82. The zero-order chi connectivity index (χ0) is 14.4. The maximum Gasteiger partial charge on any atom is 0.291 e. The van der Waals surface area contributed by atoms with Crippen LogP contribution in [0.3, 0.4) is 0 Å². The van der Waals surface area contributed by atoms with Gasteiger partial charge in [-0.3, -0.25) is 9.59 Å². The minimum Gasteiger partial charge on any atom is -0.454 e. The number of hydrogen-bond acceptors (Lipinski definition) is 4. The van der Waals surface area contributed by atoms with Crippen LogP contribution in [0.2, 0.25) is 0 Å². The van der Waals surface area contributed by atoms with Crippen LogP contribution in [-0.4, -0.2) is 29.4 Å². The fourth-order valence-corrected chi connectivity index (χ4v) is 2.97. The molecule has 1 amide bonds. The summed E-state index contributed by atoms with van der Waals surface area (Å²) in [5.41, 5.74) is 0.920. The molecule has 0 unspecified atom stereocenters. The number of likely N-dealkylation sites (tertiary alicyclic amines) is 1. The molecule has 3 aliphatic rings. The first-order chi connectivity index (χ1) is 10.2. The number of rotatable bonds is 2. The van der Waals surface area contributed by atoms with Crippen molar-refractivity contribution in [3.8, 4) is 11.5 Å². The summed E-state index contributed by atoms with van der Waals surface area (Å²) < 4.78 is 10.6. The van der Waals surface area contributed by atoms with Gasteiger partial charge in [0.1, 0.15) is 0 Å². The second kappa shape index (κ2) is 4.48. The molecule has 1 fully saturated rings. The Balaban J connectivity index is 1.62. The van der Waals surface area contributed by atoms with Gasteiger partial charge in [0, 0.05) is 6.54 Å². The molecule has 2 atom stereocenters. The largest absolute Gasteiger partial charge is 0.454 e. The summed E-state index contributed by atoms with van der Waals surface area (Å²) in [6.45, 7) is 0.610. The number of fused-ring (bicyclic) bond motifs is 2. The third-order valence-corrected chi connectivity index (χ3v) is 4.03. The number of amides is 1. The maximum absolute atomic E-state index is 12.2. The van der Waals surface area contributed by atoms with E-state index >= 15 is 0 Å². The van der Waals surface area contributed by atoms with Crippen molar-refractivity contribution in [3.63, 3.8) is 0 Å². The number of benzene rings is 1. The monoisotopic (exact) mass is 283 g/mol. The molecule has 5 nitrogen and oxygen atoms in total. The molecule has 0 bridgehead atoms. The summed E-state index contributed by atoms with van der Waals surface area (Å²) in [5.74, 6) is 0.291. The third-order valence-electron chi connectivity index (χ3n) is 4.03. The molecule has 2 aliphatic heterocycles. The predicted molar refractivity (Wildman–Crippen MR) is 73.7 cm³/mol. The lowest BCUT2D eigenvalue weighted by Crippen LogP contribution is -2.33. The average Bonchev–Trinajstić information content (AvgIpc) is 3.06. The molecule has 106 valence electrons. The zero-order valence-corrected chi connectivity index (χ0v) is 11.2. The Kier molecular flexibility index (Phi) is 2.60. The molecule has 1 aromatic carbocycles. The molecule has 0 N–H and O–H groups in total. The highest BCUT2D eigenvalue weighted by Gasteiger charge is 2.45. The number of allylic oxidation sites excluding steroid dienone is 2. The molecule has 0 saturated carbocycles. The molecule has 1 aliphatic carbocycles. The minimum atomic E-state index is -0.418. The van der Waals surface area contributed by atoms with E-state index in [1.807, 2.05) is 36.4 Å². The molecular weight excluding hydrogens is 270 g/mol. The van der Waals surface area contributed by atoms with Crippen molar-refractivity contribution in [3.05, 3.63) is 48.1 Å². The van der Waals surface area contributed by atoms with Crippen molar-refractivity contribution in [1.82, 2.24) is 4.90 Å². The maximum atomic E-state index is 12.2. The van der Waals surface area contributed by atoms with E-state index in [1.54, 1.807) is 11.0 Å². The van der Waals surface area contributed by atoms with Crippen molar-refractivity contribution < 1.29 is 19.1 Å². The number of nitrogens with zero attached hydrogens (tertiary/aromatic N) is 1. The smallest absolute Gasteiger partial charge is 0.291 e. The molecule has 1 aromatic rings. The second-order valence-corrected chi connectivity index (χ2v) is 5.27. The van der Waals surface area contributed by atoms with Crippen molar-refractivity contribution in [1.29, 1.82) is 0 Å². The van der Waals surface area contributed by atoms with E-state index in [1.165, 1.54) is 0 Å². The van der Waals surface area contributed by atoms with Gasteiger partial charge in [-0.15, -0.1) is 0 Å². The van der Waals surface area contributed by atoms with Gasteiger partial charge in [-0.1, -0.05) is 30.4 Å². The van der Waals surface area contributed by atoms with Crippen LogP contribution >= 0.6 is 0 Å². The summed E-state index contributed by atoms with van der Waals surface area (Å²) in [6, 6.07) is 5.39. The van der Waals surface area contributed by atoms with E-state index in [2.05, 4.69) is 0 Å². The number of carbonyl (C=O) groups excluding carboxylic acids is 2. The standard InChI is InChI=1S/C16H13NO4/c18-15-11-3-1-2-4-12(11)17(16(15)19)8-10-5-6-13-14(7-10)21-9-20-13/h1-7,11-12H,8-9H2/t11-,12+/m0/s1. The van der Waals surface area contributed by atoms with Gasteiger partial charge in [0.25, 0.3) is 5.91 Å². The fraction of sp³-hybridized carbons (Fsp3) is 0.250. The van der Waals surface area contributed by atoms with Crippen LogP contribution in [0.5, 0.6) is 11.5 Å². The van der Waals surface area contributed by atoms with Crippen LogP contribution in [-0.2, 0) is 16.1 Å². The van der Waals surface area contributed by atoms with Crippen LogP contribution in [0.15, 0.2) is 42.5 Å². The number of Topliss-reactive ketones (excluding diaryl/α,β-unsaturated/α-hetero) is 1. The van der Waals surface area contributed by atoms with Crippen molar-refractivity contribution in [2.75, 3.05) is 6.79 Å². The van der Waals surface area contributed by atoms with Crippen molar-refractivity contribution in [2.24, 2.45) is 5.92 Å². The highest BCUT2D eigenvalue weighted by atomic mass is 16.7. The van der Waals surface area contributed by atoms with E-state index in [0.29, 0.717) is 18.0 Å². The Morgan fingerprint density at radius 3 is 2.81 bits per heavy atom. The Labute approximate surface area is 121 Å². The first-order valence-electron chi connectivity index (χ1n) is 6.82. The summed E-state index contributed by atoms with van der Waals surface area (Å²) >= 11 is 0. The lowest BCUT2D eigenvalue weighted by Gasteiger charge is -2.24. The lowest BCUT2D eigenvalue weighted by atomic mass is 9.95. The average molecular weight is 283 g/mol. The number of hydrogen-bond donors (Lipinski definition) is 0. The number of ether oxygens (including phenoxy) is 2. The molecule has 0 spiro atoms. The van der Waals surface area contributed by atoms with E-state index in [-0.39, 0.29) is 24.5 Å². The second-order valence-electron chi connectivity index (χ2n) is 5.27. The molecule has 0 aromatic heterocycles. The van der Waals surface area contributed by atoms with E-state index < -0.39 is 5.91 Å². The van der Waals surface area contributed by atoms with E-state index in [0.717, 1.165) is 5.56 Å². The van der Waals surface area contributed by atoms with Crippen LogP contribution in [0.25, 0.3) is 0 Å². The highest BCUT2D eigenvalue weighted by molar-refractivity contribution is 6.39. The van der Waals surface area contributed by atoms with Gasteiger partial charge >= 0.3 is 0 Å². The fourth-order valence-electron chi connectivity index (χ4n) is 2.97. The topological polar surface area (TPSA) is 55.8 Å². The van der Waals surface area contributed by atoms with Gasteiger partial charge in [-0.05, 0) is 17.7 Å². The quantitative estimate of drug-likeness (QED) is 0.771. The molecule has 1 saturated heterocycles. The summed E-state index contributed by atoms with van der Waals surface area (Å²) in [4.78, 5) is 25.8. The van der Waals surface area contributed by atoms with Gasteiger partial charge in [-0.25, -0.2) is 0 Å². The zero-order valence-electron chi connectivity index (χ0n) is 11.2. The first kappa shape index (κ1) is 12.2. The highest BCUT2D eigenvalue weighted by Crippen LogP contribution is 2.34. The third kappa shape index (κ3) is 1.85. The van der Waals surface area contributed by atoms with Gasteiger partial charge in [0.05, 0.1) is 12.0 Å². The molecule has 4 rings (SSSR count). The molecule has 2 heterocycles. The van der Waals surface area contributed by atoms with Crippen molar-refractivity contribution >= 4 is 11.7 Å². The normalized spacial score (nSPS) is 25.6. The molecule has 5 heteroatoms. The Morgan fingerprint density at radius 1 is 1.10 bits per heavy atom. The molecule has 21 heavy (non-hydrogen) atoms. The number of carbonyl (C=O) groups is 2. The van der Waals surface area contributed by atoms with Crippen LogP contribution in [0.1, 0.15) is 5.56 Å². The molecular formula is C16H13NO4. The Bertz CT molecular complexity index is 692. The van der Waals surface area contributed by atoms with Gasteiger partial charge < -0.3 is 14.4 Å². The Morgan fingerprint density at radius 2 is 1.90 bits per heavy atom. The van der Waals surface area contributed by atoms with E-state index in [9.17, 15) is 9.59 Å². The minimum absolute atomic E-state index is 0.180. The van der Waals surface area contributed by atoms with Crippen molar-refractivity contribution in [2.45, 2.75) is 12.6 Å². The van der Waals surface area contributed by atoms with Gasteiger partial charge in [0.2, 0.25) is 12.6 Å². The van der Waals surface area contributed by atoms with Crippen LogP contribution < -0.4 is 9.47 Å². The Hall–Kier alpha value is -2.56. The summed E-state index contributed by atoms with van der Waals surface area (Å²) in [7, 11) is 0. The summed E-state index contributed by atoms with van der Waals surface area (Å²) in [5, 5.41) is 0. The predicted octanol–water partition coefficient (Wildman–Crippen LogP) is 1.44. The SMILES string of the molecule is O=C1C(=O)N(Cc2ccc3c(c2)OCO3)[C@@H]2C=CC=C[C@H]12. The molecule has 0 radical (unpaired) electrons. The van der Waals surface area contributed by atoms with Crippen LogP contribution in [0, 0.1) is 5.92 Å². The van der Waals surface area contributed by atoms with E-state index in [4.69, 9.17) is 9.47 Å². The summed E-state index contributed by atoms with van der Waals surface area (Å²) in [6.07, 6.45) is 7.39. The van der Waals surface area contributed by atoms with Gasteiger partial charge in [-0.2, -0.15) is 0 Å². The van der Waals surface area contributed by atoms with Crippen LogP contribution in [0.4, 0.5) is 0 Å². The lowest BCUT2D eigenvalue weighted by molar-refractivity contribution is -0.141.